The number of hydrogen-bond acceptors (Lipinski definition) is 0. The predicted octanol–water partition coefficient (Wildman–Crippen LogP) is 11.3. The third-order valence-electron chi connectivity index (χ3n) is 12.9. The quantitative estimate of drug-likeness (QED) is 0.113. The van der Waals surface area contributed by atoms with Gasteiger partial charge in [0.2, 0.25) is 0 Å². The van der Waals surface area contributed by atoms with Gasteiger partial charge < -0.3 is 9.13 Å². The van der Waals surface area contributed by atoms with E-state index >= 15 is 0 Å². The van der Waals surface area contributed by atoms with Crippen molar-refractivity contribution in [1.82, 2.24) is 9.13 Å². The lowest BCUT2D eigenvalue weighted by Crippen LogP contribution is -2.74. The van der Waals surface area contributed by atoms with Crippen molar-refractivity contribution in [2.75, 3.05) is 0 Å². The zero-order valence-electron chi connectivity index (χ0n) is 32.1. The first-order valence-corrected chi connectivity index (χ1v) is 22.6. The van der Waals surface area contributed by atoms with Crippen molar-refractivity contribution in [3.8, 4) is 11.4 Å². The first kappa shape index (κ1) is 33.9. The number of rotatable bonds is 7. The highest BCUT2D eigenvalue weighted by molar-refractivity contribution is 7.19. The summed E-state index contributed by atoms with van der Waals surface area (Å²) in [5.41, 5.74) is 8.81. The van der Waals surface area contributed by atoms with Crippen LogP contribution in [0.25, 0.3) is 55.0 Å². The molecule has 2 heterocycles. The van der Waals surface area contributed by atoms with Crippen LogP contribution < -0.4 is 20.7 Å². The summed E-state index contributed by atoms with van der Waals surface area (Å²) in [5, 5.41) is 10.7. The minimum Gasteiger partial charge on any atom is -0.307 e. The molecule has 11 rings (SSSR count). The summed E-state index contributed by atoms with van der Waals surface area (Å²) >= 11 is 0. The number of para-hydroxylation sites is 3. The van der Waals surface area contributed by atoms with E-state index in [2.05, 4.69) is 209 Å². The van der Waals surface area contributed by atoms with Gasteiger partial charge in [0, 0.05) is 27.2 Å². The van der Waals surface area contributed by atoms with Gasteiger partial charge in [-0.3, -0.25) is 0 Å². The van der Waals surface area contributed by atoms with Crippen LogP contribution in [0.3, 0.4) is 0 Å². The van der Waals surface area contributed by atoms with Crippen molar-refractivity contribution in [2.24, 2.45) is 0 Å². The first-order valence-electron chi connectivity index (χ1n) is 20.6. The molecule has 1 saturated carbocycles. The van der Waals surface area contributed by atoms with Gasteiger partial charge in [0.1, 0.15) is 0 Å². The van der Waals surface area contributed by atoms with E-state index in [1.807, 2.05) is 0 Å². The molecular weight excluding hydrogens is 705 g/mol. The van der Waals surface area contributed by atoms with Crippen LogP contribution in [0.15, 0.2) is 200 Å². The Bertz CT molecular complexity index is 2930. The van der Waals surface area contributed by atoms with E-state index in [0.717, 1.165) is 5.69 Å². The molecule has 0 spiro atoms. The normalized spacial score (nSPS) is 13.9. The van der Waals surface area contributed by atoms with Crippen molar-refractivity contribution < 1.29 is 0 Å². The van der Waals surface area contributed by atoms with Crippen LogP contribution in [0.4, 0.5) is 0 Å². The van der Waals surface area contributed by atoms with Gasteiger partial charge in [0.25, 0.3) is 0 Å². The number of aromatic nitrogens is 2. The average Bonchev–Trinajstić information content (AvgIpc) is 3.81. The highest BCUT2D eigenvalue weighted by atomic mass is 28.3. The smallest absolute Gasteiger partial charge is 0.179 e. The Labute approximate surface area is 335 Å². The molecule has 274 valence electrons. The monoisotopic (exact) mass is 748 g/mol. The van der Waals surface area contributed by atoms with Crippen LogP contribution in [0.2, 0.25) is 0 Å². The lowest BCUT2D eigenvalue weighted by molar-refractivity contribution is 0.444. The Balaban J connectivity index is 1.15. The lowest BCUT2D eigenvalue weighted by atomic mass is 9.84. The maximum Gasteiger partial charge on any atom is 0.179 e. The largest absolute Gasteiger partial charge is 0.307 e. The van der Waals surface area contributed by atoms with E-state index in [9.17, 15) is 0 Å². The van der Waals surface area contributed by atoms with Crippen molar-refractivity contribution in [1.29, 1.82) is 0 Å². The topological polar surface area (TPSA) is 9.86 Å². The van der Waals surface area contributed by atoms with E-state index in [4.69, 9.17) is 0 Å². The molecule has 0 unspecified atom stereocenters. The maximum absolute atomic E-state index is 2.66. The van der Waals surface area contributed by atoms with E-state index < -0.39 is 8.07 Å². The molecule has 0 saturated heterocycles. The molecule has 0 amide bonds. The standard InChI is InChI=1S/C54H44N2Si/c1-5-18-39(19-6-1)40-32-37-52-49(38-40)47-27-14-16-30-51(47)56(52)53-31-17-28-48-46-26-13-15-29-50(46)55(54(48)53)41-33-35-45(36-34-41)57(42-20-7-2-8-21-42,43-22-9-3-10-23-43)44-24-11-4-12-25-44/h2-4,7-17,20-39H,1,5-6,18-19H2. The van der Waals surface area contributed by atoms with E-state index in [-0.39, 0.29) is 0 Å². The van der Waals surface area contributed by atoms with E-state index in [1.165, 1.54) is 108 Å². The maximum atomic E-state index is 2.53. The van der Waals surface area contributed by atoms with Crippen molar-refractivity contribution in [2.45, 2.75) is 38.0 Å². The summed E-state index contributed by atoms with van der Waals surface area (Å²) in [6, 6.07) is 75.3. The third kappa shape index (κ3) is 5.37. The van der Waals surface area contributed by atoms with Gasteiger partial charge in [0.15, 0.2) is 8.07 Å². The fourth-order valence-corrected chi connectivity index (χ4v) is 15.1. The van der Waals surface area contributed by atoms with Crippen LogP contribution in [0, 0.1) is 0 Å². The van der Waals surface area contributed by atoms with Crippen LogP contribution in [-0.4, -0.2) is 17.2 Å². The van der Waals surface area contributed by atoms with Gasteiger partial charge in [-0.2, -0.15) is 0 Å². The SMILES string of the molecule is c1ccc([Si](c2ccccc2)(c2ccccc2)c2ccc(-n3c4ccccc4c4cccc(-n5c6ccccc6c6cc(C7CCCCC7)ccc65)c43)cc2)cc1. The summed E-state index contributed by atoms with van der Waals surface area (Å²) in [4.78, 5) is 0. The molecule has 0 radical (unpaired) electrons. The van der Waals surface area contributed by atoms with Crippen LogP contribution >= 0.6 is 0 Å². The van der Waals surface area contributed by atoms with Crippen LogP contribution in [0.1, 0.15) is 43.6 Å². The summed E-state index contributed by atoms with van der Waals surface area (Å²) in [7, 11) is -2.66. The number of fused-ring (bicyclic) bond motifs is 6. The number of benzene rings is 8. The molecule has 1 fully saturated rings. The molecule has 10 aromatic rings. The zero-order chi connectivity index (χ0) is 37.8. The Hall–Kier alpha value is -6.42. The summed E-state index contributed by atoms with van der Waals surface area (Å²) in [6.07, 6.45) is 6.65. The summed E-state index contributed by atoms with van der Waals surface area (Å²) in [5.74, 6) is 0.659. The van der Waals surface area contributed by atoms with Crippen molar-refractivity contribution in [3.63, 3.8) is 0 Å². The molecule has 3 heteroatoms. The van der Waals surface area contributed by atoms with Crippen molar-refractivity contribution >= 4 is 72.4 Å². The Morgan fingerprint density at radius 3 is 1.47 bits per heavy atom. The lowest BCUT2D eigenvalue weighted by Gasteiger charge is -2.34. The summed E-state index contributed by atoms with van der Waals surface area (Å²) in [6.45, 7) is 0. The van der Waals surface area contributed by atoms with Crippen LogP contribution in [0.5, 0.6) is 0 Å². The average molecular weight is 749 g/mol. The minimum absolute atomic E-state index is 0.659. The van der Waals surface area contributed by atoms with Gasteiger partial charge in [-0.1, -0.05) is 177 Å². The van der Waals surface area contributed by atoms with Crippen LogP contribution in [-0.2, 0) is 0 Å². The Morgan fingerprint density at radius 1 is 0.368 bits per heavy atom. The fraction of sp³-hybridized carbons (Fsp3) is 0.111. The van der Waals surface area contributed by atoms with Gasteiger partial charge in [-0.15, -0.1) is 0 Å². The second-order valence-corrected chi connectivity index (χ2v) is 19.7. The Morgan fingerprint density at radius 2 is 0.860 bits per heavy atom. The molecule has 8 aromatic carbocycles. The molecule has 1 aliphatic rings. The molecule has 0 bridgehead atoms. The van der Waals surface area contributed by atoms with Gasteiger partial charge in [-0.05, 0) is 87.5 Å². The number of nitrogens with zero attached hydrogens (tertiary/aromatic N) is 2. The fourth-order valence-electron chi connectivity index (χ4n) is 10.3. The van der Waals surface area contributed by atoms with Gasteiger partial charge >= 0.3 is 0 Å². The number of hydrogen-bond donors (Lipinski definition) is 0. The molecule has 57 heavy (non-hydrogen) atoms. The van der Waals surface area contributed by atoms with Crippen molar-refractivity contribution in [3.05, 3.63) is 206 Å². The molecule has 0 atom stereocenters. The molecule has 0 aliphatic heterocycles. The Kier molecular flexibility index (Phi) is 8.29. The molecule has 2 aromatic heterocycles. The minimum atomic E-state index is -2.66. The zero-order valence-corrected chi connectivity index (χ0v) is 33.1. The van der Waals surface area contributed by atoms with E-state index in [0.29, 0.717) is 5.92 Å². The first-order chi connectivity index (χ1) is 28.3. The second-order valence-electron chi connectivity index (χ2n) is 15.9. The molecule has 2 nitrogen and oxygen atoms in total. The predicted molar refractivity (Wildman–Crippen MR) is 245 cm³/mol. The molecule has 0 N–H and O–H groups in total. The second kappa shape index (κ2) is 13.9. The third-order valence-corrected chi connectivity index (χ3v) is 17.7. The highest BCUT2D eigenvalue weighted by Gasteiger charge is 2.41. The summed E-state index contributed by atoms with van der Waals surface area (Å²) < 4.78 is 5.04. The molecular formula is C54H44N2Si. The molecule has 1 aliphatic carbocycles. The highest BCUT2D eigenvalue weighted by Crippen LogP contribution is 2.41. The van der Waals surface area contributed by atoms with Gasteiger partial charge in [-0.25, -0.2) is 0 Å². The van der Waals surface area contributed by atoms with Gasteiger partial charge in [0.05, 0.1) is 27.8 Å². The van der Waals surface area contributed by atoms with E-state index in [1.54, 1.807) is 0 Å².